The van der Waals surface area contributed by atoms with Crippen molar-refractivity contribution >= 4 is 32.4 Å². The van der Waals surface area contributed by atoms with Crippen molar-refractivity contribution in [2.24, 2.45) is 7.05 Å². The molecule has 0 amide bonds. The summed E-state index contributed by atoms with van der Waals surface area (Å²) in [5, 5.41) is 4.86. The summed E-state index contributed by atoms with van der Waals surface area (Å²) in [7, 11) is -0.167. The maximum atomic E-state index is 15.2. The second-order valence-electron chi connectivity index (χ2n) is 9.61. The van der Waals surface area contributed by atoms with Crippen LogP contribution in [0.25, 0.3) is 22.2 Å². The predicted octanol–water partition coefficient (Wildman–Crippen LogP) is 3.42. The average Bonchev–Trinajstić information content (AvgIpc) is 3.59. The van der Waals surface area contributed by atoms with E-state index in [9.17, 15) is 8.42 Å². The molecule has 4 aromatic rings. The van der Waals surface area contributed by atoms with Gasteiger partial charge in [0.25, 0.3) is 10.0 Å². The Labute approximate surface area is 209 Å². The van der Waals surface area contributed by atoms with Gasteiger partial charge in [-0.1, -0.05) is 0 Å². The van der Waals surface area contributed by atoms with Crippen LogP contribution in [0.3, 0.4) is 0 Å². The third kappa shape index (κ3) is 3.92. The van der Waals surface area contributed by atoms with E-state index in [2.05, 4.69) is 24.6 Å². The van der Waals surface area contributed by atoms with E-state index >= 15 is 4.39 Å². The molecule has 2 aliphatic rings. The molecule has 0 bridgehead atoms. The van der Waals surface area contributed by atoms with Crippen LogP contribution in [0.5, 0.6) is 0 Å². The predicted molar refractivity (Wildman–Crippen MR) is 137 cm³/mol. The molecule has 6 rings (SSSR count). The fourth-order valence-corrected chi connectivity index (χ4v) is 6.24. The number of hydrogen-bond donors (Lipinski definition) is 1. The molecule has 9 nitrogen and oxygen atoms in total. The van der Waals surface area contributed by atoms with Crippen LogP contribution in [0.1, 0.15) is 18.5 Å². The third-order valence-corrected chi connectivity index (χ3v) is 8.29. The molecule has 0 radical (unpaired) electrons. The second kappa shape index (κ2) is 8.59. The topological polar surface area (TPSA) is 88.3 Å². The van der Waals surface area contributed by atoms with Crippen molar-refractivity contribution in [1.29, 1.82) is 0 Å². The first-order valence-corrected chi connectivity index (χ1v) is 13.6. The molecular weight excluding hydrogens is 481 g/mol. The van der Waals surface area contributed by atoms with Gasteiger partial charge in [-0.05, 0) is 44.2 Å². The Kier molecular flexibility index (Phi) is 5.49. The van der Waals surface area contributed by atoms with Crippen LogP contribution in [0.4, 0.5) is 15.8 Å². The van der Waals surface area contributed by atoms with Gasteiger partial charge in [-0.3, -0.25) is 14.3 Å². The molecule has 0 saturated carbocycles. The zero-order valence-electron chi connectivity index (χ0n) is 20.3. The lowest BCUT2D eigenvalue weighted by Gasteiger charge is -2.22. The molecular formula is C25H28FN7O2S. The normalized spacial score (nSPS) is 16.6. The largest absolute Gasteiger partial charge is 0.372 e. The Morgan fingerprint density at radius 3 is 2.61 bits per heavy atom. The number of anilines is 2. The summed E-state index contributed by atoms with van der Waals surface area (Å²) in [6.45, 7) is 3.96. The van der Waals surface area contributed by atoms with Gasteiger partial charge < -0.3 is 9.47 Å². The van der Waals surface area contributed by atoms with Crippen molar-refractivity contribution in [3.8, 4) is 11.1 Å². The SMILES string of the molecule is CN1CCn2nc(S(=O)(=O)Nc3ccnc4c3c(-c3cc(N5CCCC5)ccc3F)cn4C)cc2C1. The number of fused-ring (bicyclic) bond motifs is 2. The summed E-state index contributed by atoms with van der Waals surface area (Å²) in [6.07, 6.45) is 5.58. The van der Waals surface area contributed by atoms with Gasteiger partial charge in [0.2, 0.25) is 0 Å². The molecule has 5 heterocycles. The van der Waals surface area contributed by atoms with Crippen LogP contribution >= 0.6 is 0 Å². The number of aromatic nitrogens is 4. The minimum Gasteiger partial charge on any atom is -0.372 e. The smallest absolute Gasteiger partial charge is 0.281 e. The molecule has 188 valence electrons. The highest BCUT2D eigenvalue weighted by Gasteiger charge is 2.26. The first kappa shape index (κ1) is 23.0. The van der Waals surface area contributed by atoms with Crippen LogP contribution < -0.4 is 9.62 Å². The highest BCUT2D eigenvalue weighted by molar-refractivity contribution is 7.92. The molecule has 0 atom stereocenters. The number of hydrogen-bond acceptors (Lipinski definition) is 6. The number of sulfonamides is 1. The molecule has 11 heteroatoms. The summed E-state index contributed by atoms with van der Waals surface area (Å²) in [5.74, 6) is -0.367. The first-order chi connectivity index (χ1) is 17.3. The van der Waals surface area contributed by atoms with Crippen molar-refractivity contribution in [1.82, 2.24) is 24.2 Å². The fraction of sp³-hybridized carbons (Fsp3) is 0.360. The molecule has 0 aliphatic carbocycles. The number of rotatable bonds is 5. The van der Waals surface area contributed by atoms with Crippen LogP contribution in [0.2, 0.25) is 0 Å². The van der Waals surface area contributed by atoms with Gasteiger partial charge >= 0.3 is 0 Å². The van der Waals surface area contributed by atoms with Crippen molar-refractivity contribution < 1.29 is 12.8 Å². The molecule has 0 spiro atoms. The third-order valence-electron chi connectivity index (χ3n) is 7.05. The summed E-state index contributed by atoms with van der Waals surface area (Å²) in [4.78, 5) is 8.81. The fourth-order valence-electron chi connectivity index (χ4n) is 5.18. The number of aryl methyl sites for hydroxylation is 1. The van der Waals surface area contributed by atoms with E-state index in [0.717, 1.165) is 43.9 Å². The van der Waals surface area contributed by atoms with E-state index in [-0.39, 0.29) is 10.8 Å². The van der Waals surface area contributed by atoms with Crippen molar-refractivity contribution in [2.75, 3.05) is 36.3 Å². The standard InChI is InChI=1S/C25H28FN7O2S/c1-30-11-12-33-18(15-30)14-23(28-33)36(34,35)29-22-7-8-27-25-24(22)20(16-31(25)2)19-13-17(5-6-21(19)26)32-9-3-4-10-32/h5-8,13-14,16H,3-4,9-12,15H2,1-2H3,(H,27,29). The van der Waals surface area contributed by atoms with E-state index in [1.54, 1.807) is 39.8 Å². The Morgan fingerprint density at radius 2 is 1.81 bits per heavy atom. The Bertz CT molecular complexity index is 1570. The van der Waals surface area contributed by atoms with Gasteiger partial charge in [-0.2, -0.15) is 13.5 Å². The van der Waals surface area contributed by atoms with Crippen molar-refractivity contribution in [2.45, 2.75) is 31.0 Å². The molecule has 1 N–H and O–H groups in total. The Balaban J connectivity index is 1.43. The van der Waals surface area contributed by atoms with Gasteiger partial charge in [-0.15, -0.1) is 0 Å². The number of benzene rings is 1. The number of pyridine rings is 1. The summed E-state index contributed by atoms with van der Waals surface area (Å²) in [5.41, 5.74) is 3.71. The summed E-state index contributed by atoms with van der Waals surface area (Å²) >= 11 is 0. The first-order valence-electron chi connectivity index (χ1n) is 12.1. The lowest BCUT2D eigenvalue weighted by Crippen LogP contribution is -2.30. The second-order valence-corrected chi connectivity index (χ2v) is 11.2. The molecule has 0 unspecified atom stereocenters. The maximum Gasteiger partial charge on any atom is 0.281 e. The van der Waals surface area contributed by atoms with Gasteiger partial charge in [0.15, 0.2) is 5.03 Å². The van der Waals surface area contributed by atoms with Crippen LogP contribution in [-0.2, 0) is 30.2 Å². The van der Waals surface area contributed by atoms with Crippen LogP contribution in [-0.4, -0.2) is 59.3 Å². The Morgan fingerprint density at radius 1 is 1.00 bits per heavy atom. The van der Waals surface area contributed by atoms with Gasteiger partial charge in [0.1, 0.15) is 11.5 Å². The van der Waals surface area contributed by atoms with Crippen molar-refractivity contribution in [3.05, 3.63) is 54.2 Å². The van der Waals surface area contributed by atoms with Crippen LogP contribution in [0.15, 0.2) is 47.8 Å². The lowest BCUT2D eigenvalue weighted by molar-refractivity contribution is 0.258. The maximum absolute atomic E-state index is 15.2. The quantitative estimate of drug-likeness (QED) is 0.444. The highest BCUT2D eigenvalue weighted by Crippen LogP contribution is 2.38. The number of likely N-dealkylation sites (N-methyl/N-ethyl adjacent to an activating group) is 1. The van der Waals surface area contributed by atoms with Gasteiger partial charge in [-0.25, -0.2) is 9.37 Å². The van der Waals surface area contributed by atoms with E-state index < -0.39 is 10.0 Å². The number of nitrogens with one attached hydrogen (secondary N) is 1. The highest BCUT2D eigenvalue weighted by atomic mass is 32.2. The van der Waals surface area contributed by atoms with E-state index in [0.29, 0.717) is 40.9 Å². The van der Waals surface area contributed by atoms with Gasteiger partial charge in [0, 0.05) is 68.5 Å². The minimum absolute atomic E-state index is 0.0301. The zero-order chi connectivity index (χ0) is 25.0. The number of halogens is 1. The van der Waals surface area contributed by atoms with E-state index in [1.807, 2.05) is 20.2 Å². The monoisotopic (exact) mass is 509 g/mol. The molecule has 2 aliphatic heterocycles. The Hall–Kier alpha value is -3.44. The minimum atomic E-state index is -3.98. The van der Waals surface area contributed by atoms with E-state index in [4.69, 9.17) is 0 Å². The van der Waals surface area contributed by atoms with Gasteiger partial charge in [0.05, 0.1) is 23.3 Å². The zero-order valence-corrected chi connectivity index (χ0v) is 21.1. The molecule has 3 aromatic heterocycles. The summed E-state index contributed by atoms with van der Waals surface area (Å²) in [6, 6.07) is 8.35. The molecule has 1 aromatic carbocycles. The van der Waals surface area contributed by atoms with E-state index in [1.165, 1.54) is 6.07 Å². The molecule has 36 heavy (non-hydrogen) atoms. The molecule has 1 fully saturated rings. The summed E-state index contributed by atoms with van der Waals surface area (Å²) < 4.78 is 48.2. The number of nitrogens with zero attached hydrogens (tertiary/aromatic N) is 6. The average molecular weight is 510 g/mol. The lowest BCUT2D eigenvalue weighted by atomic mass is 10.0. The van der Waals surface area contributed by atoms with Crippen LogP contribution in [0, 0.1) is 5.82 Å². The molecule has 1 saturated heterocycles. The van der Waals surface area contributed by atoms with Crippen molar-refractivity contribution in [3.63, 3.8) is 0 Å².